The Balaban J connectivity index is 1.04. The molecular formula is C56H33N3OS. The zero-order valence-electron chi connectivity index (χ0n) is 32.7. The predicted octanol–water partition coefficient (Wildman–Crippen LogP) is 15.7. The lowest BCUT2D eigenvalue weighted by atomic mass is 10.0. The molecule has 0 aliphatic rings. The standard InChI is InChI=1S/C56H33N3OS/c1-3-13-34(14-4-1)36-25-27-38(28-26-36)52-55-53(41-19-9-10-24-49(41)61-55)58-56(57-52)43-21-12-23-48-51(43)42-20-11-22-47(54(42)60-48)59-45-31-30-39(35-15-5-2-6-16-35)33-44(45)50-40-18-8-7-17-37(40)29-32-46(50)59/h1-33H. The summed E-state index contributed by atoms with van der Waals surface area (Å²) in [6.45, 7) is 0. The van der Waals surface area contributed by atoms with Gasteiger partial charge in [0.25, 0.3) is 0 Å². The Morgan fingerprint density at radius 3 is 1.93 bits per heavy atom. The van der Waals surface area contributed by atoms with Crippen molar-refractivity contribution >= 4 is 86.2 Å². The highest BCUT2D eigenvalue weighted by molar-refractivity contribution is 7.26. The van der Waals surface area contributed by atoms with Gasteiger partial charge in [0.2, 0.25) is 0 Å². The minimum absolute atomic E-state index is 0.675. The van der Waals surface area contributed by atoms with Gasteiger partial charge < -0.3 is 8.98 Å². The summed E-state index contributed by atoms with van der Waals surface area (Å²) in [4.78, 5) is 10.8. The number of fused-ring (bicyclic) bond motifs is 11. The van der Waals surface area contributed by atoms with Crippen molar-refractivity contribution in [3.05, 3.63) is 200 Å². The van der Waals surface area contributed by atoms with Crippen LogP contribution in [0.5, 0.6) is 0 Å². The maximum atomic E-state index is 6.99. The Labute approximate surface area is 354 Å². The van der Waals surface area contributed by atoms with Crippen molar-refractivity contribution in [2.45, 2.75) is 0 Å². The fraction of sp³-hybridized carbons (Fsp3) is 0. The molecule has 0 unspecified atom stereocenters. The van der Waals surface area contributed by atoms with E-state index < -0.39 is 0 Å². The van der Waals surface area contributed by atoms with Crippen molar-refractivity contribution in [2.24, 2.45) is 0 Å². The Morgan fingerprint density at radius 1 is 0.443 bits per heavy atom. The van der Waals surface area contributed by atoms with E-state index in [1.54, 1.807) is 11.3 Å². The Bertz CT molecular complexity index is 3860. The quantitative estimate of drug-likeness (QED) is 0.174. The highest BCUT2D eigenvalue weighted by atomic mass is 32.1. The molecular weight excluding hydrogens is 763 g/mol. The molecule has 4 aromatic heterocycles. The van der Waals surface area contributed by atoms with Crippen LogP contribution in [-0.2, 0) is 0 Å². The van der Waals surface area contributed by atoms with E-state index in [0.717, 1.165) is 71.1 Å². The average Bonchev–Trinajstić information content (AvgIpc) is 4.01. The second kappa shape index (κ2) is 13.3. The molecule has 9 aromatic carbocycles. The van der Waals surface area contributed by atoms with Crippen molar-refractivity contribution in [1.29, 1.82) is 0 Å². The van der Waals surface area contributed by atoms with Crippen LogP contribution in [0.25, 0.3) is 125 Å². The molecule has 0 fully saturated rings. The van der Waals surface area contributed by atoms with E-state index in [1.807, 2.05) is 0 Å². The fourth-order valence-corrected chi connectivity index (χ4v) is 10.6. The third-order valence-electron chi connectivity index (χ3n) is 12.2. The van der Waals surface area contributed by atoms with Gasteiger partial charge in [-0.1, -0.05) is 164 Å². The topological polar surface area (TPSA) is 43.9 Å². The summed E-state index contributed by atoms with van der Waals surface area (Å²) >= 11 is 1.75. The number of hydrogen-bond donors (Lipinski definition) is 0. The van der Waals surface area contributed by atoms with E-state index in [4.69, 9.17) is 14.4 Å². The first-order valence-corrected chi connectivity index (χ1v) is 21.4. The number of benzene rings is 9. The molecule has 0 radical (unpaired) electrons. The van der Waals surface area contributed by atoms with Crippen LogP contribution in [0.1, 0.15) is 0 Å². The van der Waals surface area contributed by atoms with E-state index in [9.17, 15) is 0 Å². The number of nitrogens with zero attached hydrogens (tertiary/aromatic N) is 3. The lowest BCUT2D eigenvalue weighted by Gasteiger charge is -2.10. The molecule has 0 N–H and O–H groups in total. The van der Waals surface area contributed by atoms with Gasteiger partial charge in [-0.25, -0.2) is 9.97 Å². The predicted molar refractivity (Wildman–Crippen MR) is 256 cm³/mol. The van der Waals surface area contributed by atoms with Gasteiger partial charge in [0.05, 0.1) is 32.6 Å². The molecule has 0 atom stereocenters. The monoisotopic (exact) mass is 795 g/mol. The lowest BCUT2D eigenvalue weighted by Crippen LogP contribution is -1.95. The molecule has 0 saturated heterocycles. The van der Waals surface area contributed by atoms with Gasteiger partial charge in [-0.15, -0.1) is 11.3 Å². The van der Waals surface area contributed by atoms with Gasteiger partial charge in [-0.2, -0.15) is 0 Å². The minimum Gasteiger partial charge on any atom is -0.454 e. The van der Waals surface area contributed by atoms with E-state index in [-0.39, 0.29) is 0 Å². The van der Waals surface area contributed by atoms with Gasteiger partial charge in [0, 0.05) is 42.8 Å². The van der Waals surface area contributed by atoms with Crippen LogP contribution in [0, 0.1) is 0 Å². The van der Waals surface area contributed by atoms with Gasteiger partial charge in [-0.3, -0.25) is 0 Å². The Hall–Kier alpha value is -7.86. The molecule has 13 rings (SSSR count). The zero-order valence-corrected chi connectivity index (χ0v) is 33.5. The summed E-state index contributed by atoms with van der Waals surface area (Å²) in [6.07, 6.45) is 0. The normalized spacial score (nSPS) is 11.9. The van der Waals surface area contributed by atoms with Gasteiger partial charge in [0.1, 0.15) is 5.58 Å². The molecule has 0 aliphatic carbocycles. The molecule has 4 heterocycles. The van der Waals surface area contributed by atoms with E-state index >= 15 is 0 Å². The molecule has 0 bridgehead atoms. The van der Waals surface area contributed by atoms with Gasteiger partial charge in [-0.05, 0) is 69.4 Å². The summed E-state index contributed by atoms with van der Waals surface area (Å²) in [5.41, 5.74) is 13.5. The smallest absolute Gasteiger partial charge is 0.161 e. The molecule has 5 heteroatoms. The zero-order chi connectivity index (χ0) is 40.0. The van der Waals surface area contributed by atoms with Crippen LogP contribution >= 0.6 is 11.3 Å². The second-order valence-electron chi connectivity index (χ2n) is 15.7. The van der Waals surface area contributed by atoms with Crippen molar-refractivity contribution in [3.8, 4) is 50.6 Å². The molecule has 0 saturated carbocycles. The van der Waals surface area contributed by atoms with Crippen LogP contribution in [0.15, 0.2) is 205 Å². The second-order valence-corrected chi connectivity index (χ2v) is 16.7. The number of thiophene rings is 1. The number of aromatic nitrogens is 3. The van der Waals surface area contributed by atoms with Crippen molar-refractivity contribution in [1.82, 2.24) is 14.5 Å². The lowest BCUT2D eigenvalue weighted by molar-refractivity contribution is 0.666. The number of hydrogen-bond acceptors (Lipinski definition) is 4. The van der Waals surface area contributed by atoms with Crippen molar-refractivity contribution in [3.63, 3.8) is 0 Å². The van der Waals surface area contributed by atoms with E-state index in [1.165, 1.54) is 48.5 Å². The third kappa shape index (κ3) is 5.24. The van der Waals surface area contributed by atoms with Gasteiger partial charge >= 0.3 is 0 Å². The van der Waals surface area contributed by atoms with Crippen LogP contribution < -0.4 is 0 Å². The minimum atomic E-state index is 0.675. The summed E-state index contributed by atoms with van der Waals surface area (Å²) < 4.78 is 11.6. The molecule has 61 heavy (non-hydrogen) atoms. The molecule has 284 valence electrons. The fourth-order valence-electron chi connectivity index (χ4n) is 9.41. The first-order chi connectivity index (χ1) is 30.2. The number of rotatable bonds is 5. The Kier molecular flexibility index (Phi) is 7.44. The van der Waals surface area contributed by atoms with Gasteiger partial charge in [0.15, 0.2) is 11.4 Å². The SMILES string of the molecule is c1ccc(-c2ccc(-c3nc(-c4cccc5oc6c(-n7c8ccc(-c9ccccc9)cc8c8c9ccccc9ccc87)cccc6c45)nc4c3sc3ccccc34)cc2)cc1. The van der Waals surface area contributed by atoms with E-state index in [2.05, 4.69) is 205 Å². The summed E-state index contributed by atoms with van der Waals surface area (Å²) in [7, 11) is 0. The molecule has 0 aliphatic heterocycles. The first kappa shape index (κ1) is 34.0. The summed E-state index contributed by atoms with van der Waals surface area (Å²) in [6, 6.07) is 71.2. The highest BCUT2D eigenvalue weighted by Crippen LogP contribution is 2.45. The Morgan fingerprint density at radius 2 is 1.10 bits per heavy atom. The van der Waals surface area contributed by atoms with Crippen LogP contribution in [0.2, 0.25) is 0 Å². The highest BCUT2D eigenvalue weighted by Gasteiger charge is 2.23. The summed E-state index contributed by atoms with van der Waals surface area (Å²) in [5, 5.41) is 8.03. The van der Waals surface area contributed by atoms with Crippen LogP contribution in [0.4, 0.5) is 0 Å². The molecule has 0 amide bonds. The maximum Gasteiger partial charge on any atom is 0.161 e. The molecule has 4 nitrogen and oxygen atoms in total. The average molecular weight is 796 g/mol. The number of para-hydroxylation sites is 1. The van der Waals surface area contributed by atoms with Crippen LogP contribution in [0.3, 0.4) is 0 Å². The summed E-state index contributed by atoms with van der Waals surface area (Å²) in [5.74, 6) is 0.675. The molecule has 0 spiro atoms. The molecule has 13 aromatic rings. The van der Waals surface area contributed by atoms with Crippen LogP contribution in [-0.4, -0.2) is 14.5 Å². The largest absolute Gasteiger partial charge is 0.454 e. The van der Waals surface area contributed by atoms with Crippen molar-refractivity contribution in [2.75, 3.05) is 0 Å². The number of furan rings is 1. The third-order valence-corrected chi connectivity index (χ3v) is 13.4. The first-order valence-electron chi connectivity index (χ1n) is 20.6. The maximum absolute atomic E-state index is 6.99. The van der Waals surface area contributed by atoms with E-state index in [0.29, 0.717) is 5.82 Å². The van der Waals surface area contributed by atoms with Crippen molar-refractivity contribution < 1.29 is 4.42 Å².